The van der Waals surface area contributed by atoms with Gasteiger partial charge in [0.15, 0.2) is 5.78 Å². The number of carbonyl (C=O) groups is 3. The number of nitrogens with one attached hydrogen (secondary N) is 1. The molecule has 0 radical (unpaired) electrons. The first-order chi connectivity index (χ1) is 12.5. The Kier molecular flexibility index (Phi) is 4.15. The largest absolute Gasteiger partial charge is 0.325 e. The van der Waals surface area contributed by atoms with Gasteiger partial charge in [-0.15, -0.1) is 11.3 Å². The van der Waals surface area contributed by atoms with Gasteiger partial charge in [0.05, 0.1) is 11.4 Å². The lowest BCUT2D eigenvalue weighted by Crippen LogP contribution is -2.46. The van der Waals surface area contributed by atoms with E-state index in [9.17, 15) is 14.4 Å². The number of fused-ring (bicyclic) bond motifs is 2. The summed E-state index contributed by atoms with van der Waals surface area (Å²) in [5.41, 5.74) is 0.936. The van der Waals surface area contributed by atoms with E-state index in [1.807, 2.05) is 37.3 Å². The number of benzene rings is 1. The number of thiophene rings is 1. The first-order valence-corrected chi connectivity index (χ1v) is 9.71. The highest BCUT2D eigenvalue weighted by Gasteiger charge is 2.54. The Morgan fingerprint density at radius 2 is 2.04 bits per heavy atom. The molecule has 5 nitrogen and oxygen atoms in total. The quantitative estimate of drug-likeness (QED) is 0.665. The topological polar surface area (TPSA) is 66.5 Å². The minimum atomic E-state index is -1.02. The van der Waals surface area contributed by atoms with E-state index in [1.165, 1.54) is 11.3 Å². The van der Waals surface area contributed by atoms with Crippen molar-refractivity contribution in [3.63, 3.8) is 0 Å². The first-order valence-electron chi connectivity index (χ1n) is 8.89. The molecule has 1 N–H and O–H groups in total. The van der Waals surface area contributed by atoms with Crippen molar-refractivity contribution in [1.82, 2.24) is 10.2 Å². The Morgan fingerprint density at radius 3 is 2.81 bits per heavy atom. The van der Waals surface area contributed by atoms with Crippen molar-refractivity contribution in [2.45, 2.75) is 38.1 Å². The van der Waals surface area contributed by atoms with E-state index < -0.39 is 11.6 Å². The number of aryl methyl sites for hydroxylation is 2. The molecule has 1 spiro atoms. The van der Waals surface area contributed by atoms with Crippen LogP contribution < -0.4 is 5.32 Å². The maximum absolute atomic E-state index is 13.2. The molecular formula is C20H20N2O3S. The second-order valence-electron chi connectivity index (χ2n) is 6.78. The average Bonchev–Trinajstić information content (AvgIpc) is 3.22. The molecule has 26 heavy (non-hydrogen) atoms. The van der Waals surface area contributed by atoms with Crippen LogP contribution in [0.5, 0.6) is 0 Å². The van der Waals surface area contributed by atoms with Gasteiger partial charge in [0.2, 0.25) is 0 Å². The molecule has 134 valence electrons. The van der Waals surface area contributed by atoms with E-state index in [2.05, 4.69) is 5.32 Å². The van der Waals surface area contributed by atoms with Gasteiger partial charge in [-0.05, 0) is 48.9 Å². The monoisotopic (exact) mass is 368 g/mol. The van der Waals surface area contributed by atoms with Gasteiger partial charge in [0, 0.05) is 4.88 Å². The summed E-state index contributed by atoms with van der Waals surface area (Å²) in [5, 5.41) is 2.89. The van der Waals surface area contributed by atoms with E-state index in [0.29, 0.717) is 11.3 Å². The van der Waals surface area contributed by atoms with Gasteiger partial charge < -0.3 is 5.32 Å². The van der Waals surface area contributed by atoms with Gasteiger partial charge >= 0.3 is 6.03 Å². The fourth-order valence-corrected chi connectivity index (χ4v) is 4.77. The van der Waals surface area contributed by atoms with E-state index in [0.717, 1.165) is 40.2 Å². The Labute approximate surface area is 156 Å². The maximum Gasteiger partial charge on any atom is 0.325 e. The maximum atomic E-state index is 13.2. The highest BCUT2D eigenvalue weighted by atomic mass is 32.1. The fourth-order valence-electron chi connectivity index (χ4n) is 3.89. The number of nitrogens with zero attached hydrogens (tertiary/aromatic N) is 1. The summed E-state index contributed by atoms with van der Waals surface area (Å²) < 4.78 is 0. The van der Waals surface area contributed by atoms with E-state index in [-0.39, 0.29) is 18.2 Å². The molecule has 2 aromatic rings. The van der Waals surface area contributed by atoms with Crippen LogP contribution in [0.1, 0.15) is 45.4 Å². The third-order valence-corrected chi connectivity index (χ3v) is 6.51. The van der Waals surface area contributed by atoms with Crippen LogP contribution >= 0.6 is 11.3 Å². The van der Waals surface area contributed by atoms with Crippen molar-refractivity contribution in [3.05, 3.63) is 57.3 Å². The average molecular weight is 368 g/mol. The van der Waals surface area contributed by atoms with Crippen molar-refractivity contribution >= 4 is 29.1 Å². The minimum Gasteiger partial charge on any atom is -0.319 e. The van der Waals surface area contributed by atoms with E-state index in [1.54, 1.807) is 6.07 Å². The second kappa shape index (κ2) is 6.36. The number of Topliss-reactive ketones (excluding diaryl/α,β-unsaturated/α-hetero) is 1. The van der Waals surface area contributed by atoms with E-state index >= 15 is 0 Å². The zero-order valence-corrected chi connectivity index (χ0v) is 15.4. The van der Waals surface area contributed by atoms with Gasteiger partial charge in [0.1, 0.15) is 5.54 Å². The molecule has 1 saturated heterocycles. The number of carbonyl (C=O) groups excluding carboxylic acids is 3. The van der Waals surface area contributed by atoms with Crippen molar-refractivity contribution in [2.24, 2.45) is 0 Å². The Bertz CT molecular complexity index is 904. The molecule has 2 aliphatic rings. The van der Waals surface area contributed by atoms with Crippen molar-refractivity contribution in [2.75, 3.05) is 6.54 Å². The van der Waals surface area contributed by atoms with Crippen molar-refractivity contribution in [3.8, 4) is 0 Å². The molecule has 1 aliphatic heterocycles. The lowest BCUT2D eigenvalue weighted by molar-refractivity contribution is -0.131. The number of urea groups is 1. The predicted molar refractivity (Wildman–Crippen MR) is 99.3 cm³/mol. The third kappa shape index (κ3) is 2.56. The molecule has 2 heterocycles. The standard InChI is InChI=1S/C20H20N2O3S/c1-2-14-9-10-17(26-14)16(23)12-22-18(24)20(21-19(22)25)11-5-7-13-6-3-4-8-15(13)20/h3-4,6,8-10H,2,5,7,11-12H2,1H3,(H,21,25). The molecule has 1 fully saturated rings. The van der Waals surface area contributed by atoms with E-state index in [4.69, 9.17) is 0 Å². The minimum absolute atomic E-state index is 0.195. The Morgan fingerprint density at radius 1 is 1.23 bits per heavy atom. The SMILES string of the molecule is CCc1ccc(C(=O)CN2C(=O)NC3(CCCc4ccccc43)C2=O)s1. The zero-order chi connectivity index (χ0) is 18.3. The lowest BCUT2D eigenvalue weighted by atomic mass is 9.76. The highest BCUT2D eigenvalue weighted by molar-refractivity contribution is 7.14. The normalized spacial score (nSPS) is 21.8. The van der Waals surface area contributed by atoms with Gasteiger partial charge in [-0.25, -0.2) is 4.79 Å². The summed E-state index contributed by atoms with van der Waals surface area (Å²) in [6.07, 6.45) is 3.16. The van der Waals surface area contributed by atoms with Crippen LogP contribution in [0.15, 0.2) is 36.4 Å². The fraction of sp³-hybridized carbons (Fsp3) is 0.350. The summed E-state index contributed by atoms with van der Waals surface area (Å²) in [5.74, 6) is -0.505. The molecule has 1 unspecified atom stereocenters. The van der Waals surface area contributed by atoms with Crippen LogP contribution in [0, 0.1) is 0 Å². The van der Waals surface area contributed by atoms with Gasteiger partial charge in [0.25, 0.3) is 5.91 Å². The van der Waals surface area contributed by atoms with Crippen LogP contribution in [-0.4, -0.2) is 29.2 Å². The number of hydrogen-bond acceptors (Lipinski definition) is 4. The van der Waals surface area contributed by atoms with Crippen LogP contribution in [0.25, 0.3) is 0 Å². The summed E-state index contributed by atoms with van der Waals surface area (Å²) >= 11 is 1.42. The summed E-state index contributed by atoms with van der Waals surface area (Å²) in [6, 6.07) is 11.0. The summed E-state index contributed by atoms with van der Waals surface area (Å²) in [6.45, 7) is 1.82. The van der Waals surface area contributed by atoms with Crippen LogP contribution in [-0.2, 0) is 23.2 Å². The molecule has 0 bridgehead atoms. The predicted octanol–water partition coefficient (Wildman–Crippen LogP) is 3.28. The third-order valence-electron chi connectivity index (χ3n) is 5.24. The molecule has 3 amide bonds. The van der Waals surface area contributed by atoms with Crippen molar-refractivity contribution in [1.29, 1.82) is 0 Å². The van der Waals surface area contributed by atoms with Crippen LogP contribution in [0.4, 0.5) is 4.79 Å². The second-order valence-corrected chi connectivity index (χ2v) is 7.95. The molecule has 1 aromatic heterocycles. The number of hydrogen-bond donors (Lipinski definition) is 1. The van der Waals surface area contributed by atoms with Crippen LogP contribution in [0.2, 0.25) is 0 Å². The molecule has 1 aromatic carbocycles. The lowest BCUT2D eigenvalue weighted by Gasteiger charge is -2.33. The highest BCUT2D eigenvalue weighted by Crippen LogP contribution is 2.39. The zero-order valence-electron chi connectivity index (χ0n) is 14.6. The van der Waals surface area contributed by atoms with Gasteiger partial charge in [-0.1, -0.05) is 31.2 Å². The molecule has 6 heteroatoms. The summed E-state index contributed by atoms with van der Waals surface area (Å²) in [7, 11) is 0. The van der Waals surface area contributed by atoms with Gasteiger partial charge in [-0.3, -0.25) is 14.5 Å². The van der Waals surface area contributed by atoms with Crippen molar-refractivity contribution < 1.29 is 14.4 Å². The number of imide groups is 1. The summed E-state index contributed by atoms with van der Waals surface area (Å²) in [4.78, 5) is 41.1. The smallest absolute Gasteiger partial charge is 0.319 e. The number of amides is 3. The number of ketones is 1. The van der Waals surface area contributed by atoms with Gasteiger partial charge in [-0.2, -0.15) is 0 Å². The molecular weight excluding hydrogens is 348 g/mol. The molecule has 0 saturated carbocycles. The Balaban J connectivity index is 1.61. The Hall–Kier alpha value is -2.47. The first kappa shape index (κ1) is 17.0. The molecule has 1 aliphatic carbocycles. The number of rotatable bonds is 4. The van der Waals surface area contributed by atoms with Crippen LogP contribution in [0.3, 0.4) is 0 Å². The molecule has 1 atom stereocenters. The molecule has 4 rings (SSSR count).